The Morgan fingerprint density at radius 2 is 2.19 bits per heavy atom. The summed E-state index contributed by atoms with van der Waals surface area (Å²) < 4.78 is 10.6. The van der Waals surface area contributed by atoms with Crippen LogP contribution < -0.4 is 10.1 Å². The lowest BCUT2D eigenvalue weighted by Gasteiger charge is -2.16. The maximum atomic E-state index is 11.0. The largest absolute Gasteiger partial charge is 0.491 e. The lowest BCUT2D eigenvalue weighted by atomic mass is 10.1. The molecule has 1 aromatic carbocycles. The molecule has 0 bridgehead atoms. The lowest BCUT2D eigenvalue weighted by molar-refractivity contribution is 0.176. The summed E-state index contributed by atoms with van der Waals surface area (Å²) in [4.78, 5) is 11.0. The van der Waals surface area contributed by atoms with Crippen LogP contribution in [0.15, 0.2) is 24.3 Å². The highest BCUT2D eigenvalue weighted by molar-refractivity contribution is 5.70. The monoisotopic (exact) mass is 221 g/mol. The third-order valence-corrected chi connectivity index (χ3v) is 2.33. The van der Waals surface area contributed by atoms with Crippen LogP contribution in [0.4, 0.5) is 4.79 Å². The zero-order valence-electron chi connectivity index (χ0n) is 9.40. The molecular weight excluding hydrogens is 206 g/mol. The molecule has 1 unspecified atom stereocenters. The molecule has 1 N–H and O–H groups in total. The lowest BCUT2D eigenvalue weighted by Crippen LogP contribution is -2.19. The van der Waals surface area contributed by atoms with Gasteiger partial charge in [-0.05, 0) is 19.9 Å². The van der Waals surface area contributed by atoms with E-state index in [9.17, 15) is 4.79 Å². The molecule has 0 aliphatic carbocycles. The fourth-order valence-electron chi connectivity index (χ4n) is 1.68. The van der Waals surface area contributed by atoms with Gasteiger partial charge in [0, 0.05) is 5.56 Å². The van der Waals surface area contributed by atoms with Gasteiger partial charge in [0.05, 0.1) is 12.1 Å². The SMILES string of the molecule is CC(C)Oc1ccccc1C1COC(=O)N1. The van der Waals surface area contributed by atoms with Crippen LogP contribution in [-0.2, 0) is 4.74 Å². The summed E-state index contributed by atoms with van der Waals surface area (Å²) in [6, 6.07) is 7.57. The third kappa shape index (κ3) is 2.27. The van der Waals surface area contributed by atoms with E-state index in [0.717, 1.165) is 11.3 Å². The standard InChI is InChI=1S/C12H15NO3/c1-8(2)16-11-6-4-3-5-9(11)10-7-15-12(14)13-10/h3-6,8,10H,7H2,1-2H3,(H,13,14). The van der Waals surface area contributed by atoms with Crippen LogP contribution >= 0.6 is 0 Å². The summed E-state index contributed by atoms with van der Waals surface area (Å²) >= 11 is 0. The van der Waals surface area contributed by atoms with E-state index in [2.05, 4.69) is 5.32 Å². The molecule has 1 heterocycles. The van der Waals surface area contributed by atoms with Crippen molar-refractivity contribution >= 4 is 6.09 Å². The van der Waals surface area contributed by atoms with Crippen molar-refractivity contribution in [2.45, 2.75) is 26.0 Å². The van der Waals surface area contributed by atoms with E-state index in [1.165, 1.54) is 0 Å². The van der Waals surface area contributed by atoms with Crippen LogP contribution in [0.5, 0.6) is 5.75 Å². The first-order valence-corrected chi connectivity index (χ1v) is 5.35. The molecule has 16 heavy (non-hydrogen) atoms. The van der Waals surface area contributed by atoms with Crippen molar-refractivity contribution in [1.29, 1.82) is 0 Å². The Morgan fingerprint density at radius 1 is 1.44 bits per heavy atom. The molecule has 2 rings (SSSR count). The predicted molar refractivity (Wildman–Crippen MR) is 59.4 cm³/mol. The number of carbonyl (C=O) groups excluding carboxylic acids is 1. The molecule has 0 saturated carbocycles. The summed E-state index contributed by atoms with van der Waals surface area (Å²) in [5, 5.41) is 2.74. The van der Waals surface area contributed by atoms with Gasteiger partial charge in [0.1, 0.15) is 12.4 Å². The number of benzene rings is 1. The summed E-state index contributed by atoms with van der Waals surface area (Å²) in [5.41, 5.74) is 0.960. The number of carbonyl (C=O) groups is 1. The van der Waals surface area contributed by atoms with Crippen LogP contribution in [-0.4, -0.2) is 18.8 Å². The molecule has 0 radical (unpaired) electrons. The number of alkyl carbamates (subject to hydrolysis) is 1. The van der Waals surface area contributed by atoms with Crippen LogP contribution in [0, 0.1) is 0 Å². The van der Waals surface area contributed by atoms with Crippen LogP contribution in [0.25, 0.3) is 0 Å². The number of hydrogen-bond acceptors (Lipinski definition) is 3. The van der Waals surface area contributed by atoms with Crippen LogP contribution in [0.2, 0.25) is 0 Å². The van der Waals surface area contributed by atoms with Gasteiger partial charge in [-0.15, -0.1) is 0 Å². The quantitative estimate of drug-likeness (QED) is 0.851. The fraction of sp³-hybridized carbons (Fsp3) is 0.417. The summed E-state index contributed by atoms with van der Waals surface area (Å²) in [6.45, 7) is 4.30. The molecule has 1 amide bonds. The van der Waals surface area contributed by atoms with Crippen molar-refractivity contribution in [2.75, 3.05) is 6.61 Å². The highest BCUT2D eigenvalue weighted by atomic mass is 16.6. The number of nitrogens with one attached hydrogen (secondary N) is 1. The predicted octanol–water partition coefficient (Wildman–Crippen LogP) is 2.25. The van der Waals surface area contributed by atoms with Gasteiger partial charge in [0.2, 0.25) is 0 Å². The number of ether oxygens (including phenoxy) is 2. The zero-order chi connectivity index (χ0) is 11.5. The molecule has 1 aliphatic rings. The number of rotatable bonds is 3. The van der Waals surface area contributed by atoms with E-state index in [4.69, 9.17) is 9.47 Å². The molecule has 1 saturated heterocycles. The first-order valence-electron chi connectivity index (χ1n) is 5.35. The minimum atomic E-state index is -0.371. The summed E-state index contributed by atoms with van der Waals surface area (Å²) in [5.74, 6) is 0.799. The van der Waals surface area contributed by atoms with Gasteiger partial charge in [0.25, 0.3) is 0 Å². The Kier molecular flexibility index (Phi) is 2.99. The van der Waals surface area contributed by atoms with Gasteiger partial charge in [-0.2, -0.15) is 0 Å². The van der Waals surface area contributed by atoms with Gasteiger partial charge in [-0.1, -0.05) is 18.2 Å². The smallest absolute Gasteiger partial charge is 0.407 e. The van der Waals surface area contributed by atoms with E-state index in [1.807, 2.05) is 38.1 Å². The highest BCUT2D eigenvalue weighted by Gasteiger charge is 2.26. The number of hydrogen-bond donors (Lipinski definition) is 1. The first kappa shape index (κ1) is 10.8. The topological polar surface area (TPSA) is 47.6 Å². The first-order chi connectivity index (χ1) is 7.66. The second kappa shape index (κ2) is 4.43. The Balaban J connectivity index is 2.22. The minimum Gasteiger partial charge on any atom is -0.491 e. The Morgan fingerprint density at radius 3 is 2.81 bits per heavy atom. The maximum Gasteiger partial charge on any atom is 0.407 e. The van der Waals surface area contributed by atoms with E-state index in [0.29, 0.717) is 6.61 Å². The molecule has 0 spiro atoms. The molecule has 86 valence electrons. The normalized spacial score (nSPS) is 19.4. The number of amides is 1. The molecule has 4 nitrogen and oxygen atoms in total. The van der Waals surface area contributed by atoms with Gasteiger partial charge in [0.15, 0.2) is 0 Å². The number of para-hydroxylation sites is 1. The highest BCUT2D eigenvalue weighted by Crippen LogP contribution is 2.28. The van der Waals surface area contributed by atoms with E-state index in [1.54, 1.807) is 0 Å². The van der Waals surface area contributed by atoms with Crippen molar-refractivity contribution in [2.24, 2.45) is 0 Å². The summed E-state index contributed by atoms with van der Waals surface area (Å²) in [7, 11) is 0. The average Bonchev–Trinajstić information content (AvgIpc) is 2.65. The van der Waals surface area contributed by atoms with Crippen molar-refractivity contribution in [3.63, 3.8) is 0 Å². The zero-order valence-corrected chi connectivity index (χ0v) is 9.40. The molecule has 1 atom stereocenters. The van der Waals surface area contributed by atoms with E-state index < -0.39 is 0 Å². The van der Waals surface area contributed by atoms with Crippen molar-refractivity contribution in [3.8, 4) is 5.75 Å². The van der Waals surface area contributed by atoms with Crippen molar-refractivity contribution in [3.05, 3.63) is 29.8 Å². The fourth-order valence-corrected chi connectivity index (χ4v) is 1.68. The average molecular weight is 221 g/mol. The van der Waals surface area contributed by atoms with Gasteiger partial charge < -0.3 is 14.8 Å². The number of cyclic esters (lactones) is 1. The Bertz CT molecular complexity index is 390. The molecule has 1 aromatic rings. The minimum absolute atomic E-state index is 0.109. The molecular formula is C12H15NO3. The van der Waals surface area contributed by atoms with Gasteiger partial charge >= 0.3 is 6.09 Å². The second-order valence-electron chi connectivity index (χ2n) is 4.00. The van der Waals surface area contributed by atoms with E-state index in [-0.39, 0.29) is 18.2 Å². The van der Waals surface area contributed by atoms with Crippen molar-refractivity contribution < 1.29 is 14.3 Å². The molecule has 1 aliphatic heterocycles. The second-order valence-corrected chi connectivity index (χ2v) is 4.00. The van der Waals surface area contributed by atoms with Crippen LogP contribution in [0.1, 0.15) is 25.5 Å². The van der Waals surface area contributed by atoms with E-state index >= 15 is 0 Å². The molecule has 4 heteroatoms. The van der Waals surface area contributed by atoms with Gasteiger partial charge in [-0.25, -0.2) is 4.79 Å². The molecule has 0 aromatic heterocycles. The Hall–Kier alpha value is -1.71. The van der Waals surface area contributed by atoms with Gasteiger partial charge in [-0.3, -0.25) is 0 Å². The van der Waals surface area contributed by atoms with Crippen LogP contribution in [0.3, 0.4) is 0 Å². The van der Waals surface area contributed by atoms with Crippen molar-refractivity contribution in [1.82, 2.24) is 5.32 Å². The maximum absolute atomic E-state index is 11.0. The third-order valence-electron chi connectivity index (χ3n) is 2.33. The molecule has 1 fully saturated rings. The Labute approximate surface area is 94.6 Å². The summed E-state index contributed by atoms with van der Waals surface area (Å²) in [6.07, 6.45) is -0.261.